The van der Waals surface area contributed by atoms with Crippen molar-refractivity contribution in [2.75, 3.05) is 0 Å². The fourth-order valence-corrected chi connectivity index (χ4v) is 3.67. The van der Waals surface area contributed by atoms with E-state index in [1.807, 2.05) is 19.1 Å². The van der Waals surface area contributed by atoms with E-state index in [4.69, 9.17) is 35.4 Å². The Morgan fingerprint density at radius 1 is 1.15 bits per heavy atom. The fourth-order valence-electron chi connectivity index (χ4n) is 2.19. The van der Waals surface area contributed by atoms with Crippen LogP contribution in [0.3, 0.4) is 0 Å². The van der Waals surface area contributed by atoms with Crippen molar-refractivity contribution >= 4 is 69.4 Å². The third-order valence-corrected chi connectivity index (χ3v) is 5.60. The van der Waals surface area contributed by atoms with Crippen molar-refractivity contribution in [2.45, 2.75) is 6.92 Å². The molecule has 0 radical (unpaired) electrons. The van der Waals surface area contributed by atoms with Gasteiger partial charge in [0, 0.05) is 5.56 Å². The van der Waals surface area contributed by atoms with Gasteiger partial charge in [-0.15, -0.1) is 0 Å². The zero-order valence-electron chi connectivity index (χ0n) is 13.5. The smallest absolute Gasteiger partial charge is 0.267 e. The summed E-state index contributed by atoms with van der Waals surface area (Å²) in [6, 6.07) is 12.1. The summed E-state index contributed by atoms with van der Waals surface area (Å²) < 4.78 is 0.252. The lowest BCUT2D eigenvalue weighted by atomic mass is 10.1. The minimum Gasteiger partial charge on any atom is -0.267 e. The molecule has 0 atom stereocenters. The van der Waals surface area contributed by atoms with Gasteiger partial charge < -0.3 is 0 Å². The highest BCUT2D eigenvalue weighted by Crippen LogP contribution is 2.32. The highest BCUT2D eigenvalue weighted by molar-refractivity contribution is 8.26. The van der Waals surface area contributed by atoms with Gasteiger partial charge >= 0.3 is 0 Å². The molecule has 2 aromatic carbocycles. The Bertz CT molecular complexity index is 943. The number of thioether (sulfide) groups is 1. The first-order valence-electron chi connectivity index (χ1n) is 7.46. The van der Waals surface area contributed by atoms with Gasteiger partial charge in [-0.3, -0.25) is 15.0 Å². The van der Waals surface area contributed by atoms with Gasteiger partial charge in [0.2, 0.25) is 0 Å². The van der Waals surface area contributed by atoms with Gasteiger partial charge in [0.1, 0.15) is 0 Å². The minimum absolute atomic E-state index is 0.252. The van der Waals surface area contributed by atoms with E-state index >= 15 is 0 Å². The molecule has 0 saturated carbocycles. The van der Waals surface area contributed by atoms with E-state index in [1.165, 1.54) is 0 Å². The van der Waals surface area contributed by atoms with Crippen LogP contribution >= 0.6 is 47.2 Å². The summed E-state index contributed by atoms with van der Waals surface area (Å²) in [5, 5.41) is 1.90. The van der Waals surface area contributed by atoms with Gasteiger partial charge in [-0.05, 0) is 55.0 Å². The number of carbonyl (C=O) groups excluding carboxylic acids is 2. The minimum atomic E-state index is -0.405. The molecule has 132 valence electrons. The molecule has 0 aromatic heterocycles. The number of hydrazine groups is 1. The lowest BCUT2D eigenvalue weighted by Crippen LogP contribution is -2.44. The van der Waals surface area contributed by atoms with Crippen molar-refractivity contribution in [3.05, 3.63) is 74.1 Å². The van der Waals surface area contributed by atoms with Gasteiger partial charge in [0.25, 0.3) is 11.8 Å². The van der Waals surface area contributed by atoms with Gasteiger partial charge in [-0.1, -0.05) is 58.7 Å². The molecule has 0 spiro atoms. The number of rotatable bonds is 3. The Kier molecular flexibility index (Phi) is 5.67. The summed E-state index contributed by atoms with van der Waals surface area (Å²) in [5.41, 5.74) is 4.74. The molecule has 2 amide bonds. The predicted molar refractivity (Wildman–Crippen MR) is 110 cm³/mol. The van der Waals surface area contributed by atoms with E-state index in [0.29, 0.717) is 26.1 Å². The monoisotopic (exact) mass is 422 g/mol. The number of benzene rings is 2. The Morgan fingerprint density at radius 3 is 2.50 bits per heavy atom. The third-order valence-electron chi connectivity index (χ3n) is 3.56. The van der Waals surface area contributed by atoms with Crippen LogP contribution in [0.4, 0.5) is 0 Å². The van der Waals surface area contributed by atoms with Crippen LogP contribution < -0.4 is 5.43 Å². The molecule has 1 fully saturated rings. The normalized spacial score (nSPS) is 15.7. The van der Waals surface area contributed by atoms with E-state index in [-0.39, 0.29) is 4.32 Å². The summed E-state index contributed by atoms with van der Waals surface area (Å²) >= 11 is 18.2. The number of amides is 2. The summed E-state index contributed by atoms with van der Waals surface area (Å²) in [7, 11) is 0. The van der Waals surface area contributed by atoms with Gasteiger partial charge in [-0.2, -0.15) is 5.01 Å². The molecule has 26 heavy (non-hydrogen) atoms. The molecule has 1 heterocycles. The maximum Gasteiger partial charge on any atom is 0.285 e. The molecule has 1 saturated heterocycles. The van der Waals surface area contributed by atoms with Crippen molar-refractivity contribution in [1.82, 2.24) is 10.4 Å². The molecule has 3 rings (SSSR count). The van der Waals surface area contributed by atoms with Gasteiger partial charge in [0.15, 0.2) is 4.32 Å². The quantitative estimate of drug-likeness (QED) is 0.567. The molecule has 0 unspecified atom stereocenters. The highest BCUT2D eigenvalue weighted by atomic mass is 35.5. The van der Waals surface area contributed by atoms with E-state index < -0.39 is 11.8 Å². The van der Waals surface area contributed by atoms with Crippen LogP contribution in [0.5, 0.6) is 0 Å². The second-order valence-electron chi connectivity index (χ2n) is 5.50. The maximum absolute atomic E-state index is 12.6. The molecule has 0 aliphatic carbocycles. The SMILES string of the molecule is Cc1ccc(C(=O)NN2C(=O)C(=Cc3ccc(Cl)c(Cl)c3)SC2=S)cc1. The molecule has 1 N–H and O–H groups in total. The Hall–Kier alpha value is -1.86. The Morgan fingerprint density at radius 2 is 1.85 bits per heavy atom. The van der Waals surface area contributed by atoms with Gasteiger partial charge in [-0.25, -0.2) is 0 Å². The number of hydrogen-bond acceptors (Lipinski definition) is 4. The van der Waals surface area contributed by atoms with E-state index in [1.54, 1.807) is 36.4 Å². The van der Waals surface area contributed by atoms with Crippen LogP contribution in [-0.2, 0) is 4.79 Å². The summed E-state index contributed by atoms with van der Waals surface area (Å²) in [4.78, 5) is 25.3. The predicted octanol–water partition coefficient (Wildman–Crippen LogP) is 4.85. The molecule has 8 heteroatoms. The number of nitrogens with zero attached hydrogens (tertiary/aromatic N) is 1. The number of thiocarbonyl (C=S) groups is 1. The lowest BCUT2D eigenvalue weighted by Gasteiger charge is -2.15. The zero-order chi connectivity index (χ0) is 18.8. The topological polar surface area (TPSA) is 49.4 Å². The molecule has 0 bridgehead atoms. The van der Waals surface area contributed by atoms with Crippen LogP contribution in [0.2, 0.25) is 10.0 Å². The van der Waals surface area contributed by atoms with Crippen LogP contribution in [0.1, 0.15) is 21.5 Å². The number of aryl methyl sites for hydroxylation is 1. The number of carbonyl (C=O) groups is 2. The van der Waals surface area contributed by atoms with Crippen molar-refractivity contribution in [1.29, 1.82) is 0 Å². The number of nitrogens with one attached hydrogen (secondary N) is 1. The van der Waals surface area contributed by atoms with Crippen molar-refractivity contribution in [2.24, 2.45) is 0 Å². The molecular formula is C18H12Cl2N2O2S2. The second-order valence-corrected chi connectivity index (χ2v) is 7.99. The van der Waals surface area contributed by atoms with Crippen LogP contribution in [-0.4, -0.2) is 21.1 Å². The maximum atomic E-state index is 12.6. The zero-order valence-corrected chi connectivity index (χ0v) is 16.6. The molecule has 1 aliphatic rings. The molecular weight excluding hydrogens is 411 g/mol. The first-order chi connectivity index (χ1) is 12.3. The number of hydrogen-bond donors (Lipinski definition) is 1. The lowest BCUT2D eigenvalue weighted by molar-refractivity contribution is -0.123. The first-order valence-corrected chi connectivity index (χ1v) is 9.44. The third kappa shape index (κ3) is 4.10. The highest BCUT2D eigenvalue weighted by Gasteiger charge is 2.33. The summed E-state index contributed by atoms with van der Waals surface area (Å²) in [6.07, 6.45) is 1.65. The van der Waals surface area contributed by atoms with Crippen LogP contribution in [0.25, 0.3) is 6.08 Å². The standard InChI is InChI=1S/C18H12Cl2N2O2S2/c1-10-2-5-12(6-3-10)16(23)21-22-17(24)15(26-18(22)25)9-11-4-7-13(19)14(20)8-11/h2-9H,1H3,(H,21,23). The molecule has 2 aromatic rings. The van der Waals surface area contributed by atoms with E-state index in [2.05, 4.69) is 5.43 Å². The molecule has 1 aliphatic heterocycles. The Balaban J connectivity index is 1.78. The first kappa shape index (κ1) is 18.9. The second kappa shape index (κ2) is 7.80. The number of halogens is 2. The van der Waals surface area contributed by atoms with Crippen molar-refractivity contribution in [3.63, 3.8) is 0 Å². The fraction of sp³-hybridized carbons (Fsp3) is 0.0556. The summed E-state index contributed by atoms with van der Waals surface area (Å²) in [6.45, 7) is 1.93. The average Bonchev–Trinajstić information content (AvgIpc) is 2.86. The van der Waals surface area contributed by atoms with Gasteiger partial charge in [0.05, 0.1) is 15.0 Å². The molecule has 4 nitrogen and oxygen atoms in total. The van der Waals surface area contributed by atoms with Crippen molar-refractivity contribution < 1.29 is 9.59 Å². The van der Waals surface area contributed by atoms with E-state index in [9.17, 15) is 9.59 Å². The van der Waals surface area contributed by atoms with Crippen LogP contribution in [0.15, 0.2) is 47.4 Å². The Labute approximate surface area is 170 Å². The van der Waals surface area contributed by atoms with E-state index in [0.717, 1.165) is 22.3 Å². The van der Waals surface area contributed by atoms with Crippen LogP contribution in [0, 0.1) is 6.92 Å². The van der Waals surface area contributed by atoms with Crippen molar-refractivity contribution in [3.8, 4) is 0 Å². The largest absolute Gasteiger partial charge is 0.285 e. The average molecular weight is 423 g/mol. The summed E-state index contributed by atoms with van der Waals surface area (Å²) in [5.74, 6) is -0.802.